The van der Waals surface area contributed by atoms with Crippen LogP contribution in [0, 0.1) is 5.92 Å². The Labute approximate surface area is 146 Å². The summed E-state index contributed by atoms with van der Waals surface area (Å²) < 4.78 is 4.80. The van der Waals surface area contributed by atoms with E-state index in [1.807, 2.05) is 13.0 Å². The molecule has 0 fully saturated rings. The molecule has 0 aromatic rings. The Balaban J connectivity index is 4.36. The van der Waals surface area contributed by atoms with Crippen molar-refractivity contribution in [2.24, 2.45) is 5.92 Å². The van der Waals surface area contributed by atoms with Crippen LogP contribution in [-0.4, -0.2) is 23.7 Å². The van der Waals surface area contributed by atoms with Crippen molar-refractivity contribution >= 4 is 11.9 Å². The fourth-order valence-corrected chi connectivity index (χ4v) is 2.20. The number of hydrogen-bond donors (Lipinski definition) is 1. The molecule has 0 aliphatic carbocycles. The highest BCUT2D eigenvalue weighted by Gasteiger charge is 2.26. The number of carbonyl (C=O) groups is 2. The van der Waals surface area contributed by atoms with Gasteiger partial charge in [0.25, 0.3) is 0 Å². The molecule has 4 nitrogen and oxygen atoms in total. The van der Waals surface area contributed by atoms with E-state index in [4.69, 9.17) is 9.84 Å². The van der Waals surface area contributed by atoms with E-state index in [9.17, 15) is 9.59 Å². The lowest BCUT2D eigenvalue weighted by Crippen LogP contribution is -2.25. The SMILES string of the molecule is CCOC(=O)C(C/C=C(\C)CC/C=C(\C)CCC=C(C)C)C(=O)O. The molecule has 0 rings (SSSR count). The highest BCUT2D eigenvalue weighted by Crippen LogP contribution is 2.14. The van der Waals surface area contributed by atoms with E-state index >= 15 is 0 Å². The zero-order valence-electron chi connectivity index (χ0n) is 15.7. The Hall–Kier alpha value is -1.84. The molecule has 0 aliphatic rings. The molecule has 1 N–H and O–H groups in total. The van der Waals surface area contributed by atoms with Crippen molar-refractivity contribution in [1.82, 2.24) is 0 Å². The number of carboxylic acids is 1. The lowest BCUT2D eigenvalue weighted by Gasteiger charge is -2.09. The second-order valence-electron chi connectivity index (χ2n) is 6.34. The normalized spacial score (nSPS) is 13.4. The van der Waals surface area contributed by atoms with Gasteiger partial charge in [-0.25, -0.2) is 0 Å². The average molecular weight is 336 g/mol. The summed E-state index contributed by atoms with van der Waals surface area (Å²) in [6, 6.07) is 0. The standard InChI is InChI=1S/C20H32O4/c1-6-24-20(23)18(19(21)22)14-13-17(5)12-8-11-16(4)10-7-9-15(2)3/h9,11,13,18H,6-8,10,12,14H2,1-5H3,(H,21,22)/b16-11+,17-13+. The van der Waals surface area contributed by atoms with Crippen molar-refractivity contribution in [2.45, 2.75) is 66.7 Å². The van der Waals surface area contributed by atoms with E-state index in [-0.39, 0.29) is 13.0 Å². The molecular weight excluding hydrogens is 304 g/mol. The second-order valence-corrected chi connectivity index (χ2v) is 6.34. The first-order chi connectivity index (χ1) is 11.3. The van der Waals surface area contributed by atoms with Gasteiger partial charge in [0.15, 0.2) is 5.92 Å². The van der Waals surface area contributed by atoms with E-state index in [0.717, 1.165) is 31.3 Å². The van der Waals surface area contributed by atoms with Crippen molar-refractivity contribution < 1.29 is 19.4 Å². The minimum absolute atomic E-state index is 0.184. The average Bonchev–Trinajstić information content (AvgIpc) is 2.46. The van der Waals surface area contributed by atoms with Crippen LogP contribution in [0.15, 0.2) is 34.9 Å². The summed E-state index contributed by atoms with van der Waals surface area (Å²) in [6.07, 6.45) is 10.4. The molecule has 0 amide bonds. The number of carbonyl (C=O) groups excluding carboxylic acids is 1. The van der Waals surface area contributed by atoms with Crippen molar-refractivity contribution in [3.05, 3.63) is 34.9 Å². The van der Waals surface area contributed by atoms with Crippen LogP contribution in [0.1, 0.15) is 66.7 Å². The third-order valence-corrected chi connectivity index (χ3v) is 3.69. The van der Waals surface area contributed by atoms with Gasteiger partial charge < -0.3 is 9.84 Å². The maximum Gasteiger partial charge on any atom is 0.320 e. The Kier molecular flexibility index (Phi) is 11.6. The Morgan fingerprint density at radius 2 is 1.50 bits per heavy atom. The van der Waals surface area contributed by atoms with Gasteiger partial charge in [0.1, 0.15) is 0 Å². The quantitative estimate of drug-likeness (QED) is 0.325. The minimum Gasteiger partial charge on any atom is -0.481 e. The summed E-state index contributed by atoms with van der Waals surface area (Å²) >= 11 is 0. The summed E-state index contributed by atoms with van der Waals surface area (Å²) in [5, 5.41) is 9.11. The fourth-order valence-electron chi connectivity index (χ4n) is 2.20. The van der Waals surface area contributed by atoms with Crippen LogP contribution in [0.5, 0.6) is 0 Å². The monoisotopic (exact) mass is 336 g/mol. The van der Waals surface area contributed by atoms with Crippen LogP contribution in [0.3, 0.4) is 0 Å². The van der Waals surface area contributed by atoms with Crippen LogP contribution in [-0.2, 0) is 14.3 Å². The van der Waals surface area contributed by atoms with E-state index in [1.165, 1.54) is 11.1 Å². The highest BCUT2D eigenvalue weighted by molar-refractivity contribution is 5.94. The first kappa shape index (κ1) is 22.2. The van der Waals surface area contributed by atoms with Crippen LogP contribution in [0.25, 0.3) is 0 Å². The zero-order chi connectivity index (χ0) is 18.5. The summed E-state index contributed by atoms with van der Waals surface area (Å²) in [7, 11) is 0. The largest absolute Gasteiger partial charge is 0.481 e. The lowest BCUT2D eigenvalue weighted by molar-refractivity contribution is -0.158. The van der Waals surface area contributed by atoms with Gasteiger partial charge in [0, 0.05) is 0 Å². The fraction of sp³-hybridized carbons (Fsp3) is 0.600. The van der Waals surface area contributed by atoms with Crippen LogP contribution < -0.4 is 0 Å². The van der Waals surface area contributed by atoms with E-state index in [0.29, 0.717) is 0 Å². The highest BCUT2D eigenvalue weighted by atomic mass is 16.5. The minimum atomic E-state index is -1.13. The van der Waals surface area contributed by atoms with Crippen molar-refractivity contribution in [3.63, 3.8) is 0 Å². The molecule has 0 saturated heterocycles. The maximum atomic E-state index is 11.6. The third-order valence-electron chi connectivity index (χ3n) is 3.69. The van der Waals surface area contributed by atoms with Crippen LogP contribution >= 0.6 is 0 Å². The number of carboxylic acid groups (broad SMARTS) is 1. The number of ether oxygens (including phenoxy) is 1. The molecule has 136 valence electrons. The number of hydrogen-bond acceptors (Lipinski definition) is 3. The molecule has 0 aliphatic heterocycles. The molecule has 0 radical (unpaired) electrons. The summed E-state index contributed by atoms with van der Waals surface area (Å²) in [5.74, 6) is -2.90. The van der Waals surface area contributed by atoms with E-state index in [2.05, 4.69) is 32.9 Å². The van der Waals surface area contributed by atoms with Gasteiger partial charge in [-0.15, -0.1) is 0 Å². The van der Waals surface area contributed by atoms with Crippen molar-refractivity contribution in [2.75, 3.05) is 6.61 Å². The molecule has 0 aromatic carbocycles. The molecule has 0 bridgehead atoms. The number of esters is 1. The molecule has 1 atom stereocenters. The summed E-state index contributed by atoms with van der Waals surface area (Å²) in [4.78, 5) is 22.7. The molecular formula is C20H32O4. The molecule has 1 unspecified atom stereocenters. The Morgan fingerprint density at radius 1 is 0.958 bits per heavy atom. The Bertz CT molecular complexity index is 494. The third kappa shape index (κ3) is 10.8. The van der Waals surface area contributed by atoms with Gasteiger partial charge in [0.2, 0.25) is 0 Å². The van der Waals surface area contributed by atoms with Crippen molar-refractivity contribution in [3.8, 4) is 0 Å². The zero-order valence-corrected chi connectivity index (χ0v) is 15.7. The number of allylic oxidation sites excluding steroid dienone is 6. The van der Waals surface area contributed by atoms with Crippen LogP contribution in [0.4, 0.5) is 0 Å². The van der Waals surface area contributed by atoms with E-state index in [1.54, 1.807) is 6.92 Å². The first-order valence-electron chi connectivity index (χ1n) is 8.62. The summed E-state index contributed by atoms with van der Waals surface area (Å²) in [5.41, 5.74) is 3.81. The predicted molar refractivity (Wildman–Crippen MR) is 97.8 cm³/mol. The van der Waals surface area contributed by atoms with Crippen molar-refractivity contribution in [1.29, 1.82) is 0 Å². The van der Waals surface area contributed by atoms with Gasteiger partial charge in [0.05, 0.1) is 6.61 Å². The maximum absolute atomic E-state index is 11.6. The van der Waals surface area contributed by atoms with E-state index < -0.39 is 17.9 Å². The molecule has 0 spiro atoms. The first-order valence-corrected chi connectivity index (χ1v) is 8.62. The van der Waals surface area contributed by atoms with Gasteiger partial charge in [-0.2, -0.15) is 0 Å². The van der Waals surface area contributed by atoms with Gasteiger partial charge >= 0.3 is 11.9 Å². The molecule has 0 heterocycles. The summed E-state index contributed by atoms with van der Waals surface area (Å²) in [6.45, 7) is 10.2. The molecule has 24 heavy (non-hydrogen) atoms. The predicted octanol–water partition coefficient (Wildman–Crippen LogP) is 5.06. The van der Waals surface area contributed by atoms with Crippen LogP contribution in [0.2, 0.25) is 0 Å². The van der Waals surface area contributed by atoms with Gasteiger partial charge in [-0.1, -0.05) is 34.9 Å². The Morgan fingerprint density at radius 3 is 2.00 bits per heavy atom. The van der Waals surface area contributed by atoms with Gasteiger partial charge in [-0.05, 0) is 66.7 Å². The molecule has 4 heteroatoms. The molecule has 0 aromatic heterocycles. The smallest absolute Gasteiger partial charge is 0.320 e. The lowest BCUT2D eigenvalue weighted by atomic mass is 10.0. The topological polar surface area (TPSA) is 63.6 Å². The van der Waals surface area contributed by atoms with Gasteiger partial charge in [-0.3, -0.25) is 9.59 Å². The number of aliphatic carboxylic acids is 1. The number of rotatable bonds is 11. The molecule has 0 saturated carbocycles. The second kappa shape index (κ2) is 12.6.